The SMILES string of the molecule is CCNC(=O)C(C)(C)CNC(=NC)N1CCC(C)(C)C1. The number of amides is 1. The molecule has 1 aliphatic heterocycles. The fourth-order valence-corrected chi connectivity index (χ4v) is 2.41. The molecule has 1 rings (SSSR count). The molecule has 20 heavy (non-hydrogen) atoms. The summed E-state index contributed by atoms with van der Waals surface area (Å²) in [7, 11) is 1.80. The summed E-state index contributed by atoms with van der Waals surface area (Å²) < 4.78 is 0. The number of nitrogens with zero attached hydrogens (tertiary/aromatic N) is 2. The predicted octanol–water partition coefficient (Wildman–Crippen LogP) is 1.46. The van der Waals surface area contributed by atoms with Crippen LogP contribution in [0.25, 0.3) is 0 Å². The maximum atomic E-state index is 12.0. The molecule has 0 saturated carbocycles. The van der Waals surface area contributed by atoms with Crippen LogP contribution in [0.5, 0.6) is 0 Å². The molecule has 1 saturated heterocycles. The Balaban J connectivity index is 2.56. The van der Waals surface area contributed by atoms with Gasteiger partial charge in [-0.3, -0.25) is 9.79 Å². The molecule has 0 aliphatic carbocycles. The summed E-state index contributed by atoms with van der Waals surface area (Å²) in [5, 5.41) is 6.22. The van der Waals surface area contributed by atoms with Gasteiger partial charge in [0.1, 0.15) is 0 Å². The van der Waals surface area contributed by atoms with Gasteiger partial charge in [-0.05, 0) is 32.6 Å². The average Bonchev–Trinajstić information content (AvgIpc) is 2.70. The van der Waals surface area contributed by atoms with E-state index in [0.29, 0.717) is 18.5 Å². The molecular formula is C15H30N4O. The summed E-state index contributed by atoms with van der Waals surface area (Å²) in [6.07, 6.45) is 1.17. The van der Waals surface area contributed by atoms with Crippen LogP contribution in [0.3, 0.4) is 0 Å². The lowest BCUT2D eigenvalue weighted by atomic mass is 9.92. The highest BCUT2D eigenvalue weighted by molar-refractivity contribution is 5.84. The third kappa shape index (κ3) is 4.39. The Bertz CT molecular complexity index is 374. The van der Waals surface area contributed by atoms with E-state index >= 15 is 0 Å². The lowest BCUT2D eigenvalue weighted by Gasteiger charge is -2.28. The van der Waals surface area contributed by atoms with Crippen molar-refractivity contribution < 1.29 is 4.79 Å². The maximum Gasteiger partial charge on any atom is 0.227 e. The Kier molecular flexibility index (Phi) is 5.42. The molecule has 1 amide bonds. The van der Waals surface area contributed by atoms with Crippen LogP contribution in [0, 0.1) is 10.8 Å². The van der Waals surface area contributed by atoms with E-state index in [1.165, 1.54) is 6.42 Å². The van der Waals surface area contributed by atoms with Gasteiger partial charge in [0, 0.05) is 33.2 Å². The lowest BCUT2D eigenvalue weighted by Crippen LogP contribution is -2.48. The second-order valence-corrected chi connectivity index (χ2v) is 6.98. The van der Waals surface area contributed by atoms with Gasteiger partial charge in [0.15, 0.2) is 5.96 Å². The zero-order chi connectivity index (χ0) is 15.4. The van der Waals surface area contributed by atoms with Crippen molar-refractivity contribution in [3.05, 3.63) is 0 Å². The topological polar surface area (TPSA) is 56.7 Å². The normalized spacial score (nSPS) is 19.1. The van der Waals surface area contributed by atoms with Crippen LogP contribution in [0.1, 0.15) is 41.0 Å². The molecule has 5 nitrogen and oxygen atoms in total. The van der Waals surface area contributed by atoms with Crippen LogP contribution < -0.4 is 10.6 Å². The lowest BCUT2D eigenvalue weighted by molar-refractivity contribution is -0.128. The Hall–Kier alpha value is -1.26. The Morgan fingerprint density at radius 2 is 2.00 bits per heavy atom. The van der Waals surface area contributed by atoms with Crippen molar-refractivity contribution in [2.24, 2.45) is 15.8 Å². The minimum absolute atomic E-state index is 0.0738. The fourth-order valence-electron chi connectivity index (χ4n) is 2.41. The summed E-state index contributed by atoms with van der Waals surface area (Å²) in [5.41, 5.74) is -0.103. The van der Waals surface area contributed by atoms with E-state index in [9.17, 15) is 4.79 Å². The number of guanidine groups is 1. The summed E-state index contributed by atoms with van der Waals surface area (Å²) in [5.74, 6) is 0.970. The highest BCUT2D eigenvalue weighted by atomic mass is 16.2. The fraction of sp³-hybridized carbons (Fsp3) is 0.867. The molecule has 5 heteroatoms. The number of likely N-dealkylation sites (tertiary alicyclic amines) is 1. The van der Waals surface area contributed by atoms with Crippen LogP contribution in [0.15, 0.2) is 4.99 Å². The number of carbonyl (C=O) groups excluding carboxylic acids is 1. The zero-order valence-corrected chi connectivity index (χ0v) is 13.8. The van der Waals surface area contributed by atoms with E-state index in [0.717, 1.165) is 19.0 Å². The largest absolute Gasteiger partial charge is 0.356 e. The minimum Gasteiger partial charge on any atom is -0.356 e. The van der Waals surface area contributed by atoms with Crippen molar-refractivity contribution in [2.45, 2.75) is 41.0 Å². The molecule has 0 atom stereocenters. The summed E-state index contributed by atoms with van der Waals surface area (Å²) in [4.78, 5) is 18.6. The summed E-state index contributed by atoms with van der Waals surface area (Å²) >= 11 is 0. The van der Waals surface area contributed by atoms with Gasteiger partial charge in [0.25, 0.3) is 0 Å². The minimum atomic E-state index is -0.443. The van der Waals surface area contributed by atoms with Gasteiger partial charge < -0.3 is 15.5 Å². The second-order valence-electron chi connectivity index (χ2n) is 6.98. The molecular weight excluding hydrogens is 252 g/mol. The summed E-state index contributed by atoms with van der Waals surface area (Å²) in [6, 6.07) is 0. The molecule has 2 N–H and O–H groups in total. The number of aliphatic imine (C=N–C) groups is 1. The van der Waals surface area contributed by atoms with E-state index in [1.807, 2.05) is 20.8 Å². The first-order valence-corrected chi connectivity index (χ1v) is 7.46. The molecule has 1 aliphatic rings. The standard InChI is InChI=1S/C15H30N4O/c1-7-17-12(20)15(4,5)10-18-13(16-6)19-9-8-14(2,3)11-19/h7-11H2,1-6H3,(H,16,18)(H,17,20). The average molecular weight is 282 g/mol. The highest BCUT2D eigenvalue weighted by Crippen LogP contribution is 2.28. The molecule has 0 aromatic carbocycles. The van der Waals surface area contributed by atoms with Crippen molar-refractivity contribution in [3.8, 4) is 0 Å². The summed E-state index contributed by atoms with van der Waals surface area (Å²) in [6.45, 7) is 13.7. The van der Waals surface area contributed by atoms with Crippen molar-refractivity contribution in [3.63, 3.8) is 0 Å². The Morgan fingerprint density at radius 1 is 1.35 bits per heavy atom. The Labute approximate surface area is 123 Å². The molecule has 0 aromatic heterocycles. The smallest absolute Gasteiger partial charge is 0.227 e. The second kappa shape index (κ2) is 6.46. The zero-order valence-electron chi connectivity index (χ0n) is 13.8. The number of nitrogens with one attached hydrogen (secondary N) is 2. The number of hydrogen-bond donors (Lipinski definition) is 2. The molecule has 1 heterocycles. The van der Waals surface area contributed by atoms with Gasteiger partial charge in [-0.25, -0.2) is 0 Å². The van der Waals surface area contributed by atoms with Crippen LogP contribution in [0.4, 0.5) is 0 Å². The van der Waals surface area contributed by atoms with Gasteiger partial charge in [-0.15, -0.1) is 0 Å². The monoisotopic (exact) mass is 282 g/mol. The third-order valence-electron chi connectivity index (χ3n) is 3.83. The van der Waals surface area contributed by atoms with Crippen LogP contribution in [-0.4, -0.2) is 50.0 Å². The van der Waals surface area contributed by atoms with E-state index in [-0.39, 0.29) is 5.91 Å². The van der Waals surface area contributed by atoms with E-state index < -0.39 is 5.41 Å². The van der Waals surface area contributed by atoms with Crippen molar-refractivity contribution in [1.29, 1.82) is 0 Å². The Morgan fingerprint density at radius 3 is 2.45 bits per heavy atom. The van der Waals surface area contributed by atoms with Gasteiger partial charge in [-0.2, -0.15) is 0 Å². The van der Waals surface area contributed by atoms with Crippen molar-refractivity contribution in [2.75, 3.05) is 33.2 Å². The molecule has 0 aromatic rings. The number of rotatable bonds is 4. The maximum absolute atomic E-state index is 12.0. The molecule has 0 unspecified atom stereocenters. The van der Waals surface area contributed by atoms with Crippen molar-refractivity contribution >= 4 is 11.9 Å². The number of carbonyl (C=O) groups is 1. The first-order valence-electron chi connectivity index (χ1n) is 7.46. The van der Waals surface area contributed by atoms with Crippen LogP contribution in [0.2, 0.25) is 0 Å². The molecule has 116 valence electrons. The molecule has 0 radical (unpaired) electrons. The van der Waals surface area contributed by atoms with Gasteiger partial charge in [0.2, 0.25) is 5.91 Å². The third-order valence-corrected chi connectivity index (χ3v) is 3.83. The molecule has 0 bridgehead atoms. The van der Waals surface area contributed by atoms with E-state index in [4.69, 9.17) is 0 Å². The van der Waals surface area contributed by atoms with Crippen molar-refractivity contribution in [1.82, 2.24) is 15.5 Å². The molecule has 0 spiro atoms. The van der Waals surface area contributed by atoms with Gasteiger partial charge in [0.05, 0.1) is 5.41 Å². The van der Waals surface area contributed by atoms with E-state index in [2.05, 4.69) is 34.4 Å². The number of hydrogen-bond acceptors (Lipinski definition) is 2. The van der Waals surface area contributed by atoms with Crippen LogP contribution >= 0.6 is 0 Å². The van der Waals surface area contributed by atoms with Gasteiger partial charge >= 0.3 is 0 Å². The van der Waals surface area contributed by atoms with Gasteiger partial charge in [-0.1, -0.05) is 13.8 Å². The van der Waals surface area contributed by atoms with Crippen LogP contribution in [-0.2, 0) is 4.79 Å². The highest BCUT2D eigenvalue weighted by Gasteiger charge is 2.32. The molecule has 1 fully saturated rings. The predicted molar refractivity (Wildman–Crippen MR) is 83.8 cm³/mol. The van der Waals surface area contributed by atoms with E-state index in [1.54, 1.807) is 7.05 Å². The quantitative estimate of drug-likeness (QED) is 0.606. The first kappa shape index (κ1) is 16.8. The first-order chi connectivity index (χ1) is 9.22.